The van der Waals surface area contributed by atoms with Crippen LogP contribution in [-0.4, -0.2) is 85.8 Å². The van der Waals surface area contributed by atoms with Gasteiger partial charge in [-0.25, -0.2) is 0 Å². The van der Waals surface area contributed by atoms with Gasteiger partial charge in [0.25, 0.3) is 0 Å². The van der Waals surface area contributed by atoms with Gasteiger partial charge in [0.15, 0.2) is 6.29 Å². The lowest BCUT2D eigenvalue weighted by atomic mass is 9.43. The molecule has 44 heavy (non-hydrogen) atoms. The van der Waals surface area contributed by atoms with E-state index in [4.69, 9.17) is 9.47 Å². The quantitative estimate of drug-likeness (QED) is 0.218. The first kappa shape index (κ1) is 34.7. The van der Waals surface area contributed by atoms with Crippen molar-refractivity contribution in [2.75, 3.05) is 6.61 Å². The van der Waals surface area contributed by atoms with Crippen LogP contribution in [0.25, 0.3) is 0 Å². The molecule has 7 unspecified atom stereocenters. The zero-order chi connectivity index (χ0) is 32.6. The van der Waals surface area contributed by atoms with Crippen LogP contribution in [-0.2, 0) is 9.47 Å². The van der Waals surface area contributed by atoms with E-state index in [1.807, 2.05) is 13.8 Å². The molecule has 8 nitrogen and oxygen atoms in total. The number of ether oxygens (including phenoxy) is 2. The Balaban J connectivity index is 1.27. The molecule has 0 bridgehead atoms. The molecule has 8 heteroatoms. The second-order valence-corrected chi connectivity index (χ2v) is 17.3. The van der Waals surface area contributed by atoms with E-state index in [0.29, 0.717) is 24.7 Å². The maximum atomic E-state index is 11.6. The predicted octanol–water partition coefficient (Wildman–Crippen LogP) is 4.47. The highest BCUT2D eigenvalue weighted by atomic mass is 16.7. The van der Waals surface area contributed by atoms with Gasteiger partial charge in [-0.15, -0.1) is 0 Å². The smallest absolute Gasteiger partial charge is 0.187 e. The summed E-state index contributed by atoms with van der Waals surface area (Å²) in [5, 5.41) is 62.7. The van der Waals surface area contributed by atoms with E-state index >= 15 is 0 Å². The number of hydrogen-bond donors (Lipinski definition) is 6. The van der Waals surface area contributed by atoms with E-state index in [2.05, 4.69) is 41.5 Å². The molecule has 0 radical (unpaired) electrons. The van der Waals surface area contributed by atoms with E-state index in [1.165, 1.54) is 0 Å². The molecule has 0 amide bonds. The predicted molar refractivity (Wildman–Crippen MR) is 168 cm³/mol. The number of aliphatic hydroxyl groups is 6. The zero-order valence-corrected chi connectivity index (χ0v) is 28.6. The van der Waals surface area contributed by atoms with E-state index in [-0.39, 0.29) is 33.7 Å². The summed E-state index contributed by atoms with van der Waals surface area (Å²) in [6.45, 7) is 17.5. The number of rotatable bonds is 8. The minimum Gasteiger partial charge on any atom is -0.394 e. The molecule has 3 fully saturated rings. The molecule has 4 aliphatic carbocycles. The Morgan fingerprint density at radius 3 is 2.23 bits per heavy atom. The summed E-state index contributed by atoms with van der Waals surface area (Å²) in [7, 11) is 0. The SMILES string of the molecule is C[C@H](C(O)CCC(C)(C)OC1OC(CO)C(O)C(O)C1O)[C@H]1CC[C@@]2(C)C3=C(CC[C@]12C)[C@@]1(C)CC[C@H](O)C(C)(C)C1CC3. The van der Waals surface area contributed by atoms with Crippen molar-refractivity contribution in [2.45, 2.75) is 168 Å². The molecule has 5 rings (SSSR count). The van der Waals surface area contributed by atoms with Gasteiger partial charge in [-0.05, 0) is 117 Å². The fourth-order valence-electron chi connectivity index (χ4n) is 11.1. The molecule has 254 valence electrons. The van der Waals surface area contributed by atoms with E-state index in [1.54, 1.807) is 11.1 Å². The van der Waals surface area contributed by atoms with Crippen molar-refractivity contribution in [3.63, 3.8) is 0 Å². The van der Waals surface area contributed by atoms with Crippen molar-refractivity contribution in [1.29, 1.82) is 0 Å². The van der Waals surface area contributed by atoms with Crippen LogP contribution in [0, 0.1) is 39.4 Å². The molecule has 0 aromatic carbocycles. The summed E-state index contributed by atoms with van der Waals surface area (Å²) in [5.74, 6) is 1.03. The van der Waals surface area contributed by atoms with Crippen LogP contribution in [0.5, 0.6) is 0 Å². The van der Waals surface area contributed by atoms with Crippen molar-refractivity contribution >= 4 is 0 Å². The summed E-state index contributed by atoms with van der Waals surface area (Å²) in [4.78, 5) is 0. The van der Waals surface area contributed by atoms with Crippen LogP contribution in [0.15, 0.2) is 11.1 Å². The minimum atomic E-state index is -1.48. The lowest BCUT2D eigenvalue weighted by molar-refractivity contribution is -0.324. The molecule has 1 aliphatic heterocycles. The van der Waals surface area contributed by atoms with Crippen molar-refractivity contribution < 1.29 is 40.1 Å². The van der Waals surface area contributed by atoms with Crippen LogP contribution >= 0.6 is 0 Å². The van der Waals surface area contributed by atoms with Gasteiger partial charge in [-0.2, -0.15) is 0 Å². The van der Waals surface area contributed by atoms with Crippen molar-refractivity contribution in [1.82, 2.24) is 0 Å². The molecule has 1 saturated heterocycles. The fraction of sp³-hybridized carbons (Fsp3) is 0.944. The van der Waals surface area contributed by atoms with Crippen LogP contribution in [0.1, 0.15) is 120 Å². The maximum absolute atomic E-state index is 11.6. The fourth-order valence-corrected chi connectivity index (χ4v) is 11.1. The summed E-state index contributed by atoms with van der Waals surface area (Å²) < 4.78 is 11.6. The van der Waals surface area contributed by atoms with Crippen molar-refractivity contribution in [3.05, 3.63) is 11.1 Å². The average molecular weight is 623 g/mol. The van der Waals surface area contributed by atoms with Crippen LogP contribution in [0.4, 0.5) is 0 Å². The average Bonchev–Trinajstić information content (AvgIpc) is 3.25. The van der Waals surface area contributed by atoms with Gasteiger partial charge in [0.2, 0.25) is 0 Å². The largest absolute Gasteiger partial charge is 0.394 e. The number of hydrogen-bond acceptors (Lipinski definition) is 8. The summed E-state index contributed by atoms with van der Waals surface area (Å²) in [6, 6.07) is 0. The van der Waals surface area contributed by atoms with Crippen LogP contribution in [0.2, 0.25) is 0 Å². The third-order valence-corrected chi connectivity index (χ3v) is 14.4. The van der Waals surface area contributed by atoms with Gasteiger partial charge in [0.1, 0.15) is 24.4 Å². The Kier molecular flexibility index (Phi) is 9.35. The molecule has 0 aromatic heterocycles. The maximum Gasteiger partial charge on any atom is 0.187 e. The Hall–Kier alpha value is -0.580. The second-order valence-electron chi connectivity index (χ2n) is 17.3. The molecule has 5 aliphatic rings. The van der Waals surface area contributed by atoms with Crippen LogP contribution < -0.4 is 0 Å². The first-order valence-electron chi connectivity index (χ1n) is 17.4. The highest BCUT2D eigenvalue weighted by molar-refractivity contribution is 5.38. The minimum absolute atomic E-state index is 0.0652. The topological polar surface area (TPSA) is 140 Å². The number of aliphatic hydroxyl groups excluding tert-OH is 6. The summed E-state index contributed by atoms with van der Waals surface area (Å²) in [5.41, 5.74) is 2.97. The normalized spacial score (nSPS) is 47.0. The Bertz CT molecular complexity index is 1090. The molecule has 13 atom stereocenters. The Labute approximate surface area is 265 Å². The molecule has 6 N–H and O–H groups in total. The third-order valence-electron chi connectivity index (χ3n) is 14.4. The first-order valence-corrected chi connectivity index (χ1v) is 17.4. The molecule has 1 heterocycles. The zero-order valence-electron chi connectivity index (χ0n) is 28.6. The van der Waals surface area contributed by atoms with Gasteiger partial charge >= 0.3 is 0 Å². The molecular formula is C36H62O8. The first-order chi connectivity index (χ1) is 20.3. The molecule has 2 saturated carbocycles. The molecule has 0 spiro atoms. The van der Waals surface area contributed by atoms with E-state index in [9.17, 15) is 30.6 Å². The summed E-state index contributed by atoms with van der Waals surface area (Å²) in [6.07, 6.45) is 2.52. The standard InChI is InChI=1S/C36H62O8/c1-20(24(38)13-15-32(2,3)44-31-30(42)29(41)28(40)25(19-37)43-31)21-11-17-36(8)23-9-10-26-33(4,5)27(39)14-16-34(26,6)22(23)12-18-35(21,36)7/h20-21,24-31,37-42H,9-19H2,1-8H3/t20-,21+,24?,25?,26?,27-,28?,29?,30?,31?,34+,35+,36-/m0/s1. The van der Waals surface area contributed by atoms with Crippen molar-refractivity contribution in [2.24, 2.45) is 39.4 Å². The number of fused-ring (bicyclic) bond motifs is 4. The summed E-state index contributed by atoms with van der Waals surface area (Å²) >= 11 is 0. The highest BCUT2D eigenvalue weighted by Gasteiger charge is 2.63. The Morgan fingerprint density at radius 2 is 1.57 bits per heavy atom. The highest BCUT2D eigenvalue weighted by Crippen LogP contribution is 2.72. The second kappa shape index (κ2) is 11.8. The monoisotopic (exact) mass is 622 g/mol. The lowest BCUT2D eigenvalue weighted by Gasteiger charge is -2.62. The van der Waals surface area contributed by atoms with Gasteiger partial charge < -0.3 is 40.1 Å². The van der Waals surface area contributed by atoms with Crippen LogP contribution in [0.3, 0.4) is 0 Å². The Morgan fingerprint density at radius 1 is 0.886 bits per heavy atom. The van der Waals surface area contributed by atoms with Gasteiger partial charge in [-0.3, -0.25) is 0 Å². The van der Waals surface area contributed by atoms with E-state index < -0.39 is 49.0 Å². The van der Waals surface area contributed by atoms with Gasteiger partial charge in [-0.1, -0.05) is 52.7 Å². The lowest BCUT2D eigenvalue weighted by Crippen LogP contribution is -2.60. The number of allylic oxidation sites excluding steroid dienone is 2. The van der Waals surface area contributed by atoms with Gasteiger partial charge in [0.05, 0.1) is 24.4 Å². The molecular weight excluding hydrogens is 560 g/mol. The van der Waals surface area contributed by atoms with E-state index in [0.717, 1.165) is 51.4 Å². The molecule has 0 aromatic rings. The third kappa shape index (κ3) is 5.35. The van der Waals surface area contributed by atoms with Crippen molar-refractivity contribution in [3.8, 4) is 0 Å². The van der Waals surface area contributed by atoms with Gasteiger partial charge in [0, 0.05) is 0 Å².